The summed E-state index contributed by atoms with van der Waals surface area (Å²) in [5, 5.41) is 4.32. The molecule has 5 nitrogen and oxygen atoms in total. The number of hydrogen-bond acceptors (Lipinski definition) is 5. The molecule has 3 N–H and O–H groups in total. The van der Waals surface area contributed by atoms with Gasteiger partial charge in [-0.15, -0.1) is 11.3 Å². The second-order valence-corrected chi connectivity index (χ2v) is 5.33. The molecular formula is C12H22N4OS. The number of anilines is 1. The molecule has 0 aliphatic rings. The second-order valence-electron chi connectivity index (χ2n) is 4.23. The van der Waals surface area contributed by atoms with Gasteiger partial charge in [0.1, 0.15) is 0 Å². The van der Waals surface area contributed by atoms with Gasteiger partial charge >= 0.3 is 0 Å². The van der Waals surface area contributed by atoms with Crippen LogP contribution >= 0.6 is 11.3 Å². The van der Waals surface area contributed by atoms with E-state index in [-0.39, 0.29) is 11.9 Å². The number of primary amides is 1. The molecule has 1 aromatic rings. The fraction of sp³-hybridized carbons (Fsp3) is 0.667. The summed E-state index contributed by atoms with van der Waals surface area (Å²) in [7, 11) is 0. The highest BCUT2D eigenvalue weighted by molar-refractivity contribution is 7.15. The predicted molar refractivity (Wildman–Crippen MR) is 75.8 cm³/mol. The SMILES string of the molecule is CCN(CC)c1ncc(CNC(C)CC(N)=O)s1. The first kappa shape index (κ1) is 14.9. The van der Waals surface area contributed by atoms with Crippen molar-refractivity contribution in [1.82, 2.24) is 10.3 Å². The van der Waals surface area contributed by atoms with Crippen molar-refractivity contribution in [3.63, 3.8) is 0 Å². The van der Waals surface area contributed by atoms with Crippen LogP contribution in [0.5, 0.6) is 0 Å². The van der Waals surface area contributed by atoms with Crippen LogP contribution in [0, 0.1) is 0 Å². The monoisotopic (exact) mass is 270 g/mol. The van der Waals surface area contributed by atoms with Crippen molar-refractivity contribution in [1.29, 1.82) is 0 Å². The van der Waals surface area contributed by atoms with Gasteiger partial charge in [0.2, 0.25) is 5.91 Å². The third-order valence-electron chi connectivity index (χ3n) is 2.71. The molecule has 0 fully saturated rings. The predicted octanol–water partition coefficient (Wildman–Crippen LogP) is 1.34. The van der Waals surface area contributed by atoms with Gasteiger partial charge in [0, 0.05) is 43.2 Å². The number of carbonyl (C=O) groups excluding carboxylic acids is 1. The molecule has 0 radical (unpaired) electrons. The summed E-state index contributed by atoms with van der Waals surface area (Å²) >= 11 is 1.69. The lowest BCUT2D eigenvalue weighted by atomic mass is 10.2. The average Bonchev–Trinajstić information content (AvgIpc) is 2.76. The number of nitrogens with two attached hydrogens (primary N) is 1. The van der Waals surface area contributed by atoms with Gasteiger partial charge in [-0.2, -0.15) is 0 Å². The minimum absolute atomic E-state index is 0.0986. The minimum atomic E-state index is -0.275. The lowest BCUT2D eigenvalue weighted by molar-refractivity contribution is -0.118. The number of thiazole rings is 1. The fourth-order valence-electron chi connectivity index (χ4n) is 1.67. The molecule has 0 saturated heterocycles. The largest absolute Gasteiger partial charge is 0.370 e. The van der Waals surface area contributed by atoms with E-state index in [4.69, 9.17) is 5.73 Å². The van der Waals surface area contributed by atoms with Gasteiger partial charge in [0.05, 0.1) is 0 Å². The Bertz CT molecular complexity index is 376. The van der Waals surface area contributed by atoms with E-state index in [1.54, 1.807) is 11.3 Å². The van der Waals surface area contributed by atoms with Crippen molar-refractivity contribution >= 4 is 22.4 Å². The number of nitrogens with one attached hydrogen (secondary N) is 1. The van der Waals surface area contributed by atoms with Crippen LogP contribution in [0.15, 0.2) is 6.20 Å². The van der Waals surface area contributed by atoms with Crippen LogP contribution < -0.4 is 16.0 Å². The molecule has 1 atom stereocenters. The standard InChI is InChI=1S/C12H22N4OS/c1-4-16(5-2)12-15-8-10(18-12)7-14-9(3)6-11(13)17/h8-9,14H,4-7H2,1-3H3,(H2,13,17). The summed E-state index contributed by atoms with van der Waals surface area (Å²) in [6.07, 6.45) is 2.25. The molecule has 102 valence electrons. The van der Waals surface area contributed by atoms with Crippen LogP contribution in [0.1, 0.15) is 32.1 Å². The summed E-state index contributed by atoms with van der Waals surface area (Å²) in [5.74, 6) is -0.275. The lowest BCUT2D eigenvalue weighted by Gasteiger charge is -2.16. The topological polar surface area (TPSA) is 71.2 Å². The van der Waals surface area contributed by atoms with Gasteiger partial charge in [0.15, 0.2) is 5.13 Å². The van der Waals surface area contributed by atoms with Crippen LogP contribution in [0.2, 0.25) is 0 Å². The molecule has 1 heterocycles. The van der Waals surface area contributed by atoms with Crippen molar-refractivity contribution in [3.05, 3.63) is 11.1 Å². The van der Waals surface area contributed by atoms with E-state index in [0.717, 1.165) is 24.8 Å². The van der Waals surface area contributed by atoms with Gasteiger partial charge in [-0.1, -0.05) is 0 Å². The van der Waals surface area contributed by atoms with Crippen LogP contribution in [0.4, 0.5) is 5.13 Å². The normalized spacial score (nSPS) is 12.4. The minimum Gasteiger partial charge on any atom is -0.370 e. The van der Waals surface area contributed by atoms with E-state index in [2.05, 4.69) is 29.0 Å². The molecule has 0 aromatic carbocycles. The zero-order valence-electron chi connectivity index (χ0n) is 11.3. The van der Waals surface area contributed by atoms with Crippen molar-refractivity contribution in [2.75, 3.05) is 18.0 Å². The molecule has 0 saturated carbocycles. The fourth-order valence-corrected chi connectivity index (χ4v) is 2.66. The molecule has 0 spiro atoms. The number of amides is 1. The second kappa shape index (κ2) is 7.33. The van der Waals surface area contributed by atoms with Crippen LogP contribution in [-0.4, -0.2) is 30.0 Å². The van der Waals surface area contributed by atoms with E-state index in [1.165, 1.54) is 4.88 Å². The maximum Gasteiger partial charge on any atom is 0.218 e. The third-order valence-corrected chi connectivity index (χ3v) is 3.77. The zero-order chi connectivity index (χ0) is 13.5. The number of carbonyl (C=O) groups is 1. The Balaban J connectivity index is 2.46. The van der Waals surface area contributed by atoms with Gasteiger partial charge < -0.3 is 16.0 Å². The molecule has 6 heteroatoms. The Kier molecular flexibility index (Phi) is 6.07. The molecule has 1 amide bonds. The molecule has 18 heavy (non-hydrogen) atoms. The highest BCUT2D eigenvalue weighted by Gasteiger charge is 2.09. The first-order valence-corrected chi connectivity index (χ1v) is 7.09. The van der Waals surface area contributed by atoms with Crippen molar-refractivity contribution in [2.24, 2.45) is 5.73 Å². The van der Waals surface area contributed by atoms with Crippen LogP contribution in [0.3, 0.4) is 0 Å². The maximum absolute atomic E-state index is 10.8. The summed E-state index contributed by atoms with van der Waals surface area (Å²) in [6.45, 7) is 8.86. The first-order valence-electron chi connectivity index (χ1n) is 6.28. The number of aromatic nitrogens is 1. The van der Waals surface area contributed by atoms with Crippen molar-refractivity contribution in [2.45, 2.75) is 39.8 Å². The van der Waals surface area contributed by atoms with Crippen LogP contribution in [0.25, 0.3) is 0 Å². The maximum atomic E-state index is 10.8. The Labute approximate surface area is 112 Å². The van der Waals surface area contributed by atoms with Gasteiger partial charge in [-0.25, -0.2) is 4.98 Å². The molecule has 1 aromatic heterocycles. The first-order chi connectivity index (χ1) is 8.56. The summed E-state index contributed by atoms with van der Waals surface area (Å²) in [4.78, 5) is 18.6. The van der Waals surface area contributed by atoms with Crippen LogP contribution in [-0.2, 0) is 11.3 Å². The smallest absolute Gasteiger partial charge is 0.218 e. The van der Waals surface area contributed by atoms with E-state index >= 15 is 0 Å². The van der Waals surface area contributed by atoms with E-state index in [1.807, 2.05) is 13.1 Å². The summed E-state index contributed by atoms with van der Waals surface area (Å²) in [6, 6.07) is 0.0986. The molecule has 0 bridgehead atoms. The molecule has 0 aliphatic carbocycles. The quantitative estimate of drug-likeness (QED) is 0.748. The highest BCUT2D eigenvalue weighted by atomic mass is 32.1. The Morgan fingerprint density at radius 2 is 2.22 bits per heavy atom. The van der Waals surface area contributed by atoms with Gasteiger partial charge in [0.25, 0.3) is 0 Å². The number of nitrogens with zero attached hydrogens (tertiary/aromatic N) is 2. The molecule has 1 rings (SSSR count). The zero-order valence-corrected chi connectivity index (χ0v) is 12.1. The molecule has 1 unspecified atom stereocenters. The number of hydrogen-bond donors (Lipinski definition) is 2. The van der Waals surface area contributed by atoms with Crippen molar-refractivity contribution in [3.8, 4) is 0 Å². The van der Waals surface area contributed by atoms with E-state index in [0.29, 0.717) is 6.42 Å². The van der Waals surface area contributed by atoms with E-state index < -0.39 is 0 Å². The Morgan fingerprint density at radius 3 is 2.78 bits per heavy atom. The summed E-state index contributed by atoms with van der Waals surface area (Å²) in [5.41, 5.74) is 5.15. The summed E-state index contributed by atoms with van der Waals surface area (Å²) < 4.78 is 0. The molecular weight excluding hydrogens is 248 g/mol. The molecule has 0 aliphatic heterocycles. The number of rotatable bonds is 8. The van der Waals surface area contributed by atoms with E-state index in [9.17, 15) is 4.79 Å². The van der Waals surface area contributed by atoms with Crippen molar-refractivity contribution < 1.29 is 4.79 Å². The lowest BCUT2D eigenvalue weighted by Crippen LogP contribution is -2.30. The third kappa shape index (κ3) is 4.62. The Hall–Kier alpha value is -1.14. The average molecular weight is 270 g/mol. The van der Waals surface area contributed by atoms with Gasteiger partial charge in [-0.05, 0) is 20.8 Å². The highest BCUT2D eigenvalue weighted by Crippen LogP contribution is 2.22. The van der Waals surface area contributed by atoms with Gasteiger partial charge in [-0.3, -0.25) is 4.79 Å². The Morgan fingerprint density at radius 1 is 1.56 bits per heavy atom.